The first-order valence-corrected chi connectivity index (χ1v) is 10.2. The Morgan fingerprint density at radius 2 is 1.64 bits per heavy atom. The molecule has 33 heavy (non-hydrogen) atoms. The molecule has 0 unspecified atom stereocenters. The molecule has 9 heteroatoms. The number of amides is 1. The van der Waals surface area contributed by atoms with Crippen LogP contribution in [0.25, 0.3) is 5.69 Å². The molecular formula is C24H25F3N4O2. The molecular weight excluding hydrogens is 433 g/mol. The molecule has 0 spiro atoms. The molecule has 174 valence electrons. The summed E-state index contributed by atoms with van der Waals surface area (Å²) < 4.78 is 40.5. The second kappa shape index (κ2) is 9.09. The minimum Gasteiger partial charge on any atom is -0.378 e. The number of aryl methyl sites for hydroxylation is 1. The van der Waals surface area contributed by atoms with Crippen molar-refractivity contribution in [3.63, 3.8) is 0 Å². The Bertz CT molecular complexity index is 1180. The van der Waals surface area contributed by atoms with Gasteiger partial charge in [0.15, 0.2) is 0 Å². The van der Waals surface area contributed by atoms with E-state index in [-0.39, 0.29) is 23.5 Å². The summed E-state index contributed by atoms with van der Waals surface area (Å²) in [7, 11) is 5.38. The van der Waals surface area contributed by atoms with E-state index < -0.39 is 23.4 Å². The van der Waals surface area contributed by atoms with Gasteiger partial charge in [0.1, 0.15) is 0 Å². The van der Waals surface area contributed by atoms with E-state index >= 15 is 0 Å². The lowest BCUT2D eigenvalue weighted by molar-refractivity contribution is -0.137. The van der Waals surface area contributed by atoms with Crippen LogP contribution in [-0.4, -0.2) is 47.5 Å². The molecule has 0 saturated carbocycles. The third kappa shape index (κ3) is 5.08. The standard InChI is InChI=1S/C24H25F3N4O2/c1-15-21(16(2)31(28-15)20-8-6-7-18(13-20)24(25,26)27)22(32)23(33)30(5)14-17-9-11-19(12-10-17)29(3)4/h6-13H,14H2,1-5H3. The predicted molar refractivity (Wildman–Crippen MR) is 120 cm³/mol. The van der Waals surface area contributed by atoms with E-state index in [0.717, 1.165) is 23.4 Å². The van der Waals surface area contributed by atoms with E-state index in [4.69, 9.17) is 0 Å². The highest BCUT2D eigenvalue weighted by Gasteiger charge is 2.31. The zero-order valence-corrected chi connectivity index (χ0v) is 19.1. The van der Waals surface area contributed by atoms with Gasteiger partial charge < -0.3 is 9.80 Å². The molecule has 2 aromatic carbocycles. The van der Waals surface area contributed by atoms with Crippen molar-refractivity contribution in [3.05, 3.63) is 76.6 Å². The number of hydrogen-bond donors (Lipinski definition) is 0. The Hall–Kier alpha value is -3.62. The van der Waals surface area contributed by atoms with Crippen molar-refractivity contribution in [1.29, 1.82) is 0 Å². The molecule has 0 saturated heterocycles. The maximum atomic E-state index is 13.1. The van der Waals surface area contributed by atoms with Crippen LogP contribution in [0, 0.1) is 13.8 Å². The molecule has 0 bridgehead atoms. The zero-order chi connectivity index (χ0) is 24.5. The lowest BCUT2D eigenvalue weighted by Gasteiger charge is -2.18. The van der Waals surface area contributed by atoms with E-state index in [1.54, 1.807) is 13.8 Å². The van der Waals surface area contributed by atoms with Gasteiger partial charge in [-0.15, -0.1) is 0 Å². The summed E-state index contributed by atoms with van der Waals surface area (Å²) in [4.78, 5) is 29.1. The van der Waals surface area contributed by atoms with Gasteiger partial charge >= 0.3 is 6.18 Å². The minimum atomic E-state index is -4.51. The second-order valence-electron chi connectivity index (χ2n) is 8.06. The number of anilines is 1. The van der Waals surface area contributed by atoms with Crippen molar-refractivity contribution >= 4 is 17.4 Å². The van der Waals surface area contributed by atoms with Gasteiger partial charge in [-0.25, -0.2) is 4.68 Å². The smallest absolute Gasteiger partial charge is 0.378 e. The van der Waals surface area contributed by atoms with Crippen molar-refractivity contribution in [2.24, 2.45) is 0 Å². The number of halogens is 3. The van der Waals surface area contributed by atoms with E-state index in [1.165, 1.54) is 28.8 Å². The topological polar surface area (TPSA) is 58.4 Å². The number of nitrogens with zero attached hydrogens (tertiary/aromatic N) is 4. The number of ketones is 1. The van der Waals surface area contributed by atoms with Crippen LogP contribution < -0.4 is 4.90 Å². The first kappa shape index (κ1) is 24.0. The first-order chi connectivity index (χ1) is 15.4. The van der Waals surface area contributed by atoms with Gasteiger partial charge in [-0.2, -0.15) is 18.3 Å². The van der Waals surface area contributed by atoms with Crippen LogP contribution in [0.3, 0.4) is 0 Å². The highest BCUT2D eigenvalue weighted by Crippen LogP contribution is 2.31. The van der Waals surface area contributed by atoms with E-state index in [9.17, 15) is 22.8 Å². The lowest BCUT2D eigenvalue weighted by atomic mass is 10.1. The van der Waals surface area contributed by atoms with Crippen LogP contribution in [0.2, 0.25) is 0 Å². The monoisotopic (exact) mass is 458 g/mol. The van der Waals surface area contributed by atoms with Gasteiger partial charge in [-0.05, 0) is 49.7 Å². The summed E-state index contributed by atoms with van der Waals surface area (Å²) in [6.07, 6.45) is -4.51. The number of alkyl halides is 3. The SMILES string of the molecule is Cc1nn(-c2cccc(C(F)(F)F)c2)c(C)c1C(=O)C(=O)N(C)Cc1ccc(N(C)C)cc1. The van der Waals surface area contributed by atoms with Crippen LogP contribution in [0.5, 0.6) is 0 Å². The summed E-state index contributed by atoms with van der Waals surface area (Å²) in [6, 6.07) is 12.3. The van der Waals surface area contributed by atoms with Crippen LogP contribution in [0.1, 0.15) is 32.9 Å². The molecule has 0 aliphatic rings. The molecule has 0 radical (unpaired) electrons. The van der Waals surface area contributed by atoms with Crippen molar-refractivity contribution in [1.82, 2.24) is 14.7 Å². The molecule has 0 atom stereocenters. The highest BCUT2D eigenvalue weighted by molar-refractivity contribution is 6.43. The fraction of sp³-hybridized carbons (Fsp3) is 0.292. The van der Waals surface area contributed by atoms with Crippen molar-refractivity contribution in [3.8, 4) is 5.69 Å². The fourth-order valence-corrected chi connectivity index (χ4v) is 3.56. The molecule has 0 N–H and O–H groups in total. The second-order valence-corrected chi connectivity index (χ2v) is 8.06. The Balaban J connectivity index is 1.84. The summed E-state index contributed by atoms with van der Waals surface area (Å²) in [5.74, 6) is -1.47. The van der Waals surface area contributed by atoms with Gasteiger partial charge in [0, 0.05) is 33.4 Å². The fourth-order valence-electron chi connectivity index (χ4n) is 3.56. The Kier molecular flexibility index (Phi) is 6.62. The van der Waals surface area contributed by atoms with Gasteiger partial charge in [0.2, 0.25) is 0 Å². The van der Waals surface area contributed by atoms with Gasteiger partial charge in [-0.3, -0.25) is 9.59 Å². The maximum Gasteiger partial charge on any atom is 0.416 e. The van der Waals surface area contributed by atoms with E-state index in [2.05, 4.69) is 5.10 Å². The largest absolute Gasteiger partial charge is 0.416 e. The van der Waals surface area contributed by atoms with Gasteiger partial charge in [0.05, 0.1) is 28.2 Å². The molecule has 0 fully saturated rings. The van der Waals surface area contributed by atoms with Crippen LogP contribution in [-0.2, 0) is 17.5 Å². The average molecular weight is 458 g/mol. The van der Waals surface area contributed by atoms with E-state index in [1.807, 2.05) is 43.3 Å². The average Bonchev–Trinajstić information content (AvgIpc) is 3.06. The van der Waals surface area contributed by atoms with Gasteiger partial charge in [-0.1, -0.05) is 18.2 Å². The number of likely N-dealkylation sites (N-methyl/N-ethyl adjacent to an activating group) is 1. The summed E-state index contributed by atoms with van der Waals surface area (Å²) in [5.41, 5.74) is 1.87. The maximum absolute atomic E-state index is 13.1. The van der Waals surface area contributed by atoms with Crippen molar-refractivity contribution < 1.29 is 22.8 Å². The molecule has 0 aliphatic carbocycles. The third-order valence-electron chi connectivity index (χ3n) is 5.35. The zero-order valence-electron chi connectivity index (χ0n) is 19.1. The molecule has 1 heterocycles. The van der Waals surface area contributed by atoms with Gasteiger partial charge in [0.25, 0.3) is 11.7 Å². The Morgan fingerprint density at radius 3 is 2.21 bits per heavy atom. The van der Waals surface area contributed by atoms with Crippen LogP contribution in [0.15, 0.2) is 48.5 Å². The highest BCUT2D eigenvalue weighted by atomic mass is 19.4. The molecule has 0 aliphatic heterocycles. The molecule has 6 nitrogen and oxygen atoms in total. The number of benzene rings is 2. The Labute approximate surface area is 190 Å². The number of aromatic nitrogens is 2. The number of carbonyl (C=O) groups is 2. The number of hydrogen-bond acceptors (Lipinski definition) is 4. The predicted octanol–water partition coefficient (Wildman–Crippen LogP) is 4.42. The van der Waals surface area contributed by atoms with Crippen LogP contribution in [0.4, 0.5) is 18.9 Å². The lowest BCUT2D eigenvalue weighted by Crippen LogP contribution is -2.33. The molecule has 3 rings (SSSR count). The number of rotatable bonds is 6. The first-order valence-electron chi connectivity index (χ1n) is 10.2. The minimum absolute atomic E-state index is 0.0900. The molecule has 1 aromatic heterocycles. The molecule has 3 aromatic rings. The van der Waals surface area contributed by atoms with Crippen molar-refractivity contribution in [2.45, 2.75) is 26.6 Å². The summed E-state index contributed by atoms with van der Waals surface area (Å²) in [6.45, 7) is 3.34. The summed E-state index contributed by atoms with van der Waals surface area (Å²) in [5, 5.41) is 4.23. The Morgan fingerprint density at radius 1 is 1.00 bits per heavy atom. The number of carbonyl (C=O) groups excluding carboxylic acids is 2. The summed E-state index contributed by atoms with van der Waals surface area (Å²) >= 11 is 0. The van der Waals surface area contributed by atoms with E-state index in [0.29, 0.717) is 5.69 Å². The third-order valence-corrected chi connectivity index (χ3v) is 5.35. The number of Topliss-reactive ketones (excluding diaryl/α,β-unsaturated/α-hetero) is 1. The van der Waals surface area contributed by atoms with Crippen molar-refractivity contribution in [2.75, 3.05) is 26.0 Å². The normalized spacial score (nSPS) is 11.4. The molecule has 1 amide bonds. The van der Waals surface area contributed by atoms with Crippen LogP contribution >= 0.6 is 0 Å². The quantitative estimate of drug-likeness (QED) is 0.406.